The van der Waals surface area contributed by atoms with Gasteiger partial charge in [0.2, 0.25) is 5.78 Å². The monoisotopic (exact) mass is 330 g/mol. The summed E-state index contributed by atoms with van der Waals surface area (Å²) in [5.74, 6) is 0.0703. The number of Topliss-reactive ketones (excluding diaryl/α,β-unsaturated/α-hetero) is 1. The lowest BCUT2D eigenvalue weighted by Crippen LogP contribution is -2.38. The van der Waals surface area contributed by atoms with Crippen molar-refractivity contribution in [3.8, 4) is 23.0 Å². The molecule has 2 N–H and O–H groups in total. The molecule has 6 heteroatoms. The normalized spacial score (nSPS) is 19.5. The molecule has 24 heavy (non-hydrogen) atoms. The summed E-state index contributed by atoms with van der Waals surface area (Å²) in [6.07, 6.45) is -1.65. The molecule has 0 radical (unpaired) electrons. The number of phenolic OH excluding ortho intramolecular Hbond substituents is 2. The molecular formula is C18H18O6. The first-order valence-electron chi connectivity index (χ1n) is 7.58. The van der Waals surface area contributed by atoms with Gasteiger partial charge in [0.15, 0.2) is 23.7 Å². The van der Waals surface area contributed by atoms with Gasteiger partial charge < -0.3 is 24.4 Å². The highest BCUT2D eigenvalue weighted by atomic mass is 16.5. The molecule has 1 heterocycles. The molecule has 2 unspecified atom stereocenters. The van der Waals surface area contributed by atoms with E-state index < -0.39 is 12.2 Å². The van der Waals surface area contributed by atoms with E-state index in [1.165, 1.54) is 19.2 Å². The molecule has 1 aliphatic rings. The van der Waals surface area contributed by atoms with E-state index in [4.69, 9.17) is 14.2 Å². The van der Waals surface area contributed by atoms with Crippen molar-refractivity contribution in [2.45, 2.75) is 19.1 Å². The molecule has 0 amide bonds. The van der Waals surface area contributed by atoms with Crippen molar-refractivity contribution in [1.82, 2.24) is 0 Å². The van der Waals surface area contributed by atoms with E-state index in [0.717, 1.165) is 0 Å². The molecule has 0 bridgehead atoms. The molecule has 0 aromatic heterocycles. The molecule has 126 valence electrons. The molecule has 6 nitrogen and oxygen atoms in total. The number of ketones is 1. The summed E-state index contributed by atoms with van der Waals surface area (Å²) in [6.45, 7) is 2.08. The number of carbonyl (C=O) groups is 1. The molecule has 2 aromatic carbocycles. The van der Waals surface area contributed by atoms with Crippen molar-refractivity contribution in [3.63, 3.8) is 0 Å². The van der Waals surface area contributed by atoms with Gasteiger partial charge in [-0.1, -0.05) is 12.1 Å². The van der Waals surface area contributed by atoms with E-state index in [1.807, 2.05) is 0 Å². The van der Waals surface area contributed by atoms with Crippen LogP contribution >= 0.6 is 0 Å². The van der Waals surface area contributed by atoms with Crippen LogP contribution in [0.3, 0.4) is 0 Å². The first-order valence-corrected chi connectivity index (χ1v) is 7.58. The van der Waals surface area contributed by atoms with E-state index >= 15 is 0 Å². The van der Waals surface area contributed by atoms with Gasteiger partial charge in [0.25, 0.3) is 0 Å². The average Bonchev–Trinajstić information content (AvgIpc) is 2.57. The van der Waals surface area contributed by atoms with Crippen LogP contribution in [0.25, 0.3) is 0 Å². The Hall–Kier alpha value is -2.73. The molecule has 0 spiro atoms. The fourth-order valence-electron chi connectivity index (χ4n) is 2.81. The highest BCUT2D eigenvalue weighted by Crippen LogP contribution is 2.41. The summed E-state index contributed by atoms with van der Waals surface area (Å²) in [6, 6.07) is 9.44. The Morgan fingerprint density at radius 3 is 2.62 bits per heavy atom. The number of hydrogen-bond acceptors (Lipinski definition) is 6. The van der Waals surface area contributed by atoms with E-state index in [1.54, 1.807) is 31.2 Å². The van der Waals surface area contributed by atoms with Crippen molar-refractivity contribution in [1.29, 1.82) is 0 Å². The molecule has 0 fully saturated rings. The van der Waals surface area contributed by atoms with Crippen LogP contribution in [0.15, 0.2) is 36.4 Å². The third kappa shape index (κ3) is 2.65. The smallest absolute Gasteiger partial charge is 0.203 e. The van der Waals surface area contributed by atoms with Crippen LogP contribution in [-0.4, -0.2) is 35.8 Å². The number of methoxy groups -OCH3 is 1. The molecule has 2 aromatic rings. The number of fused-ring (bicyclic) bond motifs is 1. The lowest BCUT2D eigenvalue weighted by Gasteiger charge is -2.32. The van der Waals surface area contributed by atoms with Crippen LogP contribution in [0.2, 0.25) is 0 Å². The van der Waals surface area contributed by atoms with Gasteiger partial charge in [0.1, 0.15) is 17.1 Å². The fourth-order valence-corrected chi connectivity index (χ4v) is 2.81. The zero-order valence-corrected chi connectivity index (χ0v) is 13.4. The second-order valence-corrected chi connectivity index (χ2v) is 5.36. The number of benzene rings is 2. The average molecular weight is 330 g/mol. The third-order valence-corrected chi connectivity index (χ3v) is 3.92. The van der Waals surface area contributed by atoms with Crippen LogP contribution in [0, 0.1) is 0 Å². The van der Waals surface area contributed by atoms with Gasteiger partial charge in [-0.05, 0) is 36.8 Å². The molecule has 0 saturated carbocycles. The summed E-state index contributed by atoms with van der Waals surface area (Å²) >= 11 is 0. The summed E-state index contributed by atoms with van der Waals surface area (Å²) in [5.41, 5.74) is 0.694. The quantitative estimate of drug-likeness (QED) is 0.897. The number of hydrogen-bond donors (Lipinski definition) is 2. The van der Waals surface area contributed by atoms with Crippen molar-refractivity contribution in [2.75, 3.05) is 13.7 Å². The summed E-state index contributed by atoms with van der Waals surface area (Å²) in [7, 11) is 1.46. The Kier molecular flexibility index (Phi) is 4.31. The standard InChI is InChI=1S/C18H18O6/c1-3-23-18-16(21)15-11(19)5-4-6-14(15)24-17(18)10-7-8-13(22-2)12(20)9-10/h4-9,17-20H,3H2,1-2H3. The second kappa shape index (κ2) is 6.41. The fraction of sp³-hybridized carbons (Fsp3) is 0.278. The minimum absolute atomic E-state index is 0.0528. The van der Waals surface area contributed by atoms with Crippen molar-refractivity contribution in [2.24, 2.45) is 0 Å². The van der Waals surface area contributed by atoms with Gasteiger partial charge in [-0.15, -0.1) is 0 Å². The van der Waals surface area contributed by atoms with Gasteiger partial charge in [-0.25, -0.2) is 0 Å². The molecular weight excluding hydrogens is 312 g/mol. The van der Waals surface area contributed by atoms with Gasteiger partial charge in [0, 0.05) is 6.61 Å². The number of ether oxygens (including phenoxy) is 3. The molecule has 2 atom stereocenters. The Morgan fingerprint density at radius 2 is 1.96 bits per heavy atom. The topological polar surface area (TPSA) is 85.2 Å². The SMILES string of the molecule is CCOC1C(=O)c2c(O)cccc2OC1c1ccc(OC)c(O)c1. The van der Waals surface area contributed by atoms with E-state index in [0.29, 0.717) is 17.9 Å². The Bertz CT molecular complexity index is 770. The highest BCUT2D eigenvalue weighted by molar-refractivity contribution is 6.05. The number of aromatic hydroxyl groups is 2. The van der Waals surface area contributed by atoms with E-state index in [9.17, 15) is 15.0 Å². The number of carbonyl (C=O) groups excluding carboxylic acids is 1. The van der Waals surface area contributed by atoms with Crippen LogP contribution in [0.1, 0.15) is 28.9 Å². The zero-order valence-electron chi connectivity index (χ0n) is 13.4. The highest BCUT2D eigenvalue weighted by Gasteiger charge is 2.40. The maximum absolute atomic E-state index is 12.8. The maximum atomic E-state index is 12.8. The summed E-state index contributed by atoms with van der Waals surface area (Å²) < 4.78 is 16.5. The molecule has 0 saturated heterocycles. The van der Waals surface area contributed by atoms with Gasteiger partial charge >= 0.3 is 0 Å². The Morgan fingerprint density at radius 1 is 1.17 bits per heavy atom. The maximum Gasteiger partial charge on any atom is 0.203 e. The first kappa shape index (κ1) is 16.1. The lowest BCUT2D eigenvalue weighted by molar-refractivity contribution is -0.0179. The predicted molar refractivity (Wildman–Crippen MR) is 85.9 cm³/mol. The lowest BCUT2D eigenvalue weighted by atomic mass is 9.92. The van der Waals surface area contributed by atoms with Gasteiger partial charge in [0.05, 0.1) is 7.11 Å². The summed E-state index contributed by atoms with van der Waals surface area (Å²) in [4.78, 5) is 12.8. The van der Waals surface area contributed by atoms with E-state index in [-0.39, 0.29) is 28.6 Å². The van der Waals surface area contributed by atoms with Crippen molar-refractivity contribution in [3.05, 3.63) is 47.5 Å². The van der Waals surface area contributed by atoms with Crippen LogP contribution < -0.4 is 9.47 Å². The first-order chi connectivity index (χ1) is 11.6. The molecule has 1 aliphatic heterocycles. The van der Waals surface area contributed by atoms with Crippen molar-refractivity contribution >= 4 is 5.78 Å². The van der Waals surface area contributed by atoms with Crippen LogP contribution in [0.5, 0.6) is 23.0 Å². The third-order valence-electron chi connectivity index (χ3n) is 3.92. The molecule has 3 rings (SSSR count). The van der Waals surface area contributed by atoms with Crippen LogP contribution in [-0.2, 0) is 4.74 Å². The predicted octanol–water partition coefficient (Wildman–Crippen LogP) is 2.83. The van der Waals surface area contributed by atoms with Crippen LogP contribution in [0.4, 0.5) is 0 Å². The Balaban J connectivity index is 2.06. The molecule has 0 aliphatic carbocycles. The van der Waals surface area contributed by atoms with Gasteiger partial charge in [-0.3, -0.25) is 4.79 Å². The largest absolute Gasteiger partial charge is 0.507 e. The minimum atomic E-state index is -0.913. The zero-order chi connectivity index (χ0) is 17.3. The number of rotatable bonds is 4. The number of phenols is 2. The van der Waals surface area contributed by atoms with Crippen molar-refractivity contribution < 1.29 is 29.2 Å². The second-order valence-electron chi connectivity index (χ2n) is 5.36. The van der Waals surface area contributed by atoms with E-state index in [2.05, 4.69) is 0 Å². The van der Waals surface area contributed by atoms with Gasteiger partial charge in [-0.2, -0.15) is 0 Å². The summed E-state index contributed by atoms with van der Waals surface area (Å²) in [5, 5.41) is 20.0. The minimum Gasteiger partial charge on any atom is -0.507 e. The Labute approximate surface area is 139 Å².